The summed E-state index contributed by atoms with van der Waals surface area (Å²) in [6.45, 7) is 6.53. The molecule has 1 fully saturated rings. The van der Waals surface area contributed by atoms with Gasteiger partial charge in [0.1, 0.15) is 16.3 Å². The lowest BCUT2D eigenvalue weighted by atomic mass is 10.1. The average Bonchev–Trinajstić information content (AvgIpc) is 3.04. The van der Waals surface area contributed by atoms with E-state index < -0.39 is 11.2 Å². The SMILES string of the molecule is CCCCN(CCCC)c1ccc(C=C2SC(=S)N(Cc3cc(=O)c(O)co3)C2=O)cc1. The minimum atomic E-state index is -0.556. The van der Waals surface area contributed by atoms with Crippen LogP contribution < -0.4 is 10.3 Å². The topological polar surface area (TPSA) is 74.0 Å². The fourth-order valence-electron chi connectivity index (χ4n) is 3.32. The maximum absolute atomic E-state index is 12.9. The molecule has 170 valence electrons. The second-order valence-corrected chi connectivity index (χ2v) is 9.33. The predicted octanol–water partition coefficient (Wildman–Crippen LogP) is 5.15. The van der Waals surface area contributed by atoms with E-state index in [-0.39, 0.29) is 18.2 Å². The van der Waals surface area contributed by atoms with Gasteiger partial charge in [-0.05, 0) is 36.6 Å². The average molecular weight is 473 g/mol. The van der Waals surface area contributed by atoms with Crippen LogP contribution in [0.2, 0.25) is 0 Å². The molecule has 0 atom stereocenters. The summed E-state index contributed by atoms with van der Waals surface area (Å²) in [7, 11) is 0. The Labute approximate surface area is 197 Å². The molecule has 2 aromatic rings. The first-order valence-electron chi connectivity index (χ1n) is 10.8. The summed E-state index contributed by atoms with van der Waals surface area (Å²) in [4.78, 5) is 28.8. The van der Waals surface area contributed by atoms with Crippen molar-refractivity contribution >= 4 is 46.0 Å². The molecule has 3 rings (SSSR count). The van der Waals surface area contributed by atoms with Gasteiger partial charge in [-0.25, -0.2) is 0 Å². The Morgan fingerprint density at radius 2 is 1.78 bits per heavy atom. The molecule has 6 nitrogen and oxygen atoms in total. The Bertz CT molecular complexity index is 1040. The molecule has 0 spiro atoms. The lowest BCUT2D eigenvalue weighted by Crippen LogP contribution is -2.27. The van der Waals surface area contributed by atoms with E-state index in [0.717, 1.165) is 50.6 Å². The monoisotopic (exact) mass is 472 g/mol. The van der Waals surface area contributed by atoms with Crippen LogP contribution in [0.4, 0.5) is 5.69 Å². The molecule has 0 unspecified atom stereocenters. The van der Waals surface area contributed by atoms with Gasteiger partial charge in [0, 0.05) is 24.8 Å². The summed E-state index contributed by atoms with van der Waals surface area (Å²) in [5.41, 5.74) is 1.56. The van der Waals surface area contributed by atoms with Crippen LogP contribution in [0.3, 0.4) is 0 Å². The van der Waals surface area contributed by atoms with Gasteiger partial charge in [0.15, 0.2) is 5.75 Å². The van der Waals surface area contributed by atoms with Crippen molar-refractivity contribution in [3.8, 4) is 5.75 Å². The van der Waals surface area contributed by atoms with E-state index in [1.54, 1.807) is 0 Å². The largest absolute Gasteiger partial charge is 0.502 e. The van der Waals surface area contributed by atoms with Gasteiger partial charge in [0.05, 0.1) is 11.4 Å². The highest BCUT2D eigenvalue weighted by Crippen LogP contribution is 2.34. The van der Waals surface area contributed by atoms with Crippen LogP contribution in [0.15, 0.2) is 50.7 Å². The highest BCUT2D eigenvalue weighted by molar-refractivity contribution is 8.26. The summed E-state index contributed by atoms with van der Waals surface area (Å²) in [6, 6.07) is 9.41. The van der Waals surface area contributed by atoms with Gasteiger partial charge in [0.25, 0.3) is 5.91 Å². The molecular weight excluding hydrogens is 444 g/mol. The number of carbonyl (C=O) groups excluding carboxylic acids is 1. The fourth-order valence-corrected chi connectivity index (χ4v) is 4.57. The number of rotatable bonds is 10. The van der Waals surface area contributed by atoms with Crippen molar-refractivity contribution in [1.82, 2.24) is 4.90 Å². The van der Waals surface area contributed by atoms with E-state index >= 15 is 0 Å². The third-order valence-electron chi connectivity index (χ3n) is 5.17. The maximum atomic E-state index is 12.9. The number of thiocarbonyl (C=S) groups is 1. The molecule has 1 aromatic heterocycles. The van der Waals surface area contributed by atoms with E-state index in [0.29, 0.717) is 9.23 Å². The molecule has 8 heteroatoms. The van der Waals surface area contributed by atoms with Gasteiger partial charge >= 0.3 is 0 Å². The summed E-state index contributed by atoms with van der Waals surface area (Å²) >= 11 is 6.58. The number of benzene rings is 1. The van der Waals surface area contributed by atoms with Crippen molar-refractivity contribution in [3.63, 3.8) is 0 Å². The Kier molecular flexibility index (Phi) is 8.53. The van der Waals surface area contributed by atoms with Gasteiger partial charge in [0.2, 0.25) is 5.43 Å². The number of carbonyl (C=O) groups is 1. The number of hydrogen-bond donors (Lipinski definition) is 1. The third-order valence-corrected chi connectivity index (χ3v) is 6.55. The van der Waals surface area contributed by atoms with E-state index in [1.165, 1.54) is 28.4 Å². The molecule has 1 N–H and O–H groups in total. The van der Waals surface area contributed by atoms with E-state index in [4.69, 9.17) is 16.6 Å². The molecule has 2 heterocycles. The second kappa shape index (κ2) is 11.3. The molecular formula is C24H28N2O4S2. The molecule has 32 heavy (non-hydrogen) atoms. The van der Waals surface area contributed by atoms with E-state index in [1.807, 2.05) is 18.2 Å². The highest BCUT2D eigenvalue weighted by atomic mass is 32.2. The minimum Gasteiger partial charge on any atom is -0.502 e. The number of unbranched alkanes of at least 4 members (excludes halogenated alkanes) is 2. The molecule has 1 aromatic carbocycles. The first kappa shape index (κ1) is 24.1. The first-order valence-corrected chi connectivity index (χ1v) is 12.1. The quantitative estimate of drug-likeness (QED) is 0.378. The van der Waals surface area contributed by atoms with Gasteiger partial charge in [-0.15, -0.1) is 0 Å². The number of amides is 1. The molecule has 0 saturated carbocycles. The summed E-state index contributed by atoms with van der Waals surface area (Å²) in [6.07, 6.45) is 7.45. The third kappa shape index (κ3) is 6.01. The van der Waals surface area contributed by atoms with Crippen LogP contribution in [0.1, 0.15) is 50.9 Å². The van der Waals surface area contributed by atoms with Gasteiger partial charge in [-0.3, -0.25) is 14.5 Å². The number of thioether (sulfide) groups is 1. The fraction of sp³-hybridized carbons (Fsp3) is 0.375. The smallest absolute Gasteiger partial charge is 0.266 e. The Morgan fingerprint density at radius 1 is 1.12 bits per heavy atom. The minimum absolute atomic E-state index is 0.0419. The van der Waals surface area contributed by atoms with Crippen molar-refractivity contribution in [2.75, 3.05) is 18.0 Å². The van der Waals surface area contributed by atoms with Crippen LogP contribution in [-0.4, -0.2) is 33.3 Å². The molecule has 0 aliphatic carbocycles. The lowest BCUT2D eigenvalue weighted by Gasteiger charge is -2.24. The molecule has 0 bridgehead atoms. The zero-order chi connectivity index (χ0) is 23.1. The maximum Gasteiger partial charge on any atom is 0.266 e. The molecule has 0 radical (unpaired) electrons. The normalized spacial score (nSPS) is 15.1. The second-order valence-electron chi connectivity index (χ2n) is 7.65. The van der Waals surface area contributed by atoms with Crippen LogP contribution in [0, 0.1) is 0 Å². The number of hydrogen-bond acceptors (Lipinski definition) is 7. The number of anilines is 1. The van der Waals surface area contributed by atoms with E-state index in [2.05, 4.69) is 30.9 Å². The zero-order valence-corrected chi connectivity index (χ0v) is 20.0. The van der Waals surface area contributed by atoms with Gasteiger partial charge in [-0.1, -0.05) is 62.8 Å². The summed E-state index contributed by atoms with van der Waals surface area (Å²) in [5, 5.41) is 9.32. The van der Waals surface area contributed by atoms with Crippen LogP contribution in [-0.2, 0) is 11.3 Å². The first-order chi connectivity index (χ1) is 15.4. The van der Waals surface area contributed by atoms with Crippen molar-refractivity contribution in [2.24, 2.45) is 0 Å². The Hall–Kier alpha value is -2.58. The summed E-state index contributed by atoms with van der Waals surface area (Å²) in [5.74, 6) is -0.438. The van der Waals surface area contributed by atoms with Crippen molar-refractivity contribution in [2.45, 2.75) is 46.1 Å². The molecule has 1 saturated heterocycles. The van der Waals surface area contributed by atoms with E-state index in [9.17, 15) is 14.7 Å². The molecule has 1 amide bonds. The zero-order valence-electron chi connectivity index (χ0n) is 18.4. The van der Waals surface area contributed by atoms with Crippen molar-refractivity contribution in [1.29, 1.82) is 0 Å². The van der Waals surface area contributed by atoms with Gasteiger partial charge in [-0.2, -0.15) is 0 Å². The van der Waals surface area contributed by atoms with Gasteiger partial charge < -0.3 is 14.4 Å². The Balaban J connectivity index is 1.72. The number of nitrogens with zero attached hydrogens (tertiary/aromatic N) is 2. The number of aromatic hydroxyl groups is 1. The van der Waals surface area contributed by atoms with Crippen LogP contribution in [0.5, 0.6) is 5.75 Å². The predicted molar refractivity (Wildman–Crippen MR) is 134 cm³/mol. The lowest BCUT2D eigenvalue weighted by molar-refractivity contribution is -0.122. The van der Waals surface area contributed by atoms with Crippen LogP contribution >= 0.6 is 24.0 Å². The van der Waals surface area contributed by atoms with Crippen molar-refractivity contribution < 1.29 is 14.3 Å². The molecule has 1 aliphatic heterocycles. The highest BCUT2D eigenvalue weighted by Gasteiger charge is 2.32. The Morgan fingerprint density at radius 3 is 2.38 bits per heavy atom. The van der Waals surface area contributed by atoms with Crippen LogP contribution in [0.25, 0.3) is 6.08 Å². The van der Waals surface area contributed by atoms with Crippen molar-refractivity contribution in [3.05, 3.63) is 63.0 Å². The summed E-state index contributed by atoms with van der Waals surface area (Å²) < 4.78 is 5.61. The molecule has 1 aliphatic rings. The standard InChI is InChI=1S/C24H28N2O4S2/c1-3-5-11-25(12-6-4-2)18-9-7-17(8-10-18)13-22-23(29)26(24(31)32-22)15-19-14-20(27)21(28)16-30-19/h7-10,13-14,16,28H,3-6,11-12,15H2,1-2H3.